The first-order valence-corrected chi connectivity index (χ1v) is 10.9. The Kier molecular flexibility index (Phi) is 6.65. The van der Waals surface area contributed by atoms with Gasteiger partial charge in [0.1, 0.15) is 23.9 Å². The van der Waals surface area contributed by atoms with Crippen molar-refractivity contribution in [3.8, 4) is 17.2 Å². The summed E-state index contributed by atoms with van der Waals surface area (Å²) in [4.78, 5) is 12.2. The van der Waals surface area contributed by atoms with E-state index in [-0.39, 0.29) is 23.8 Å². The quantitative estimate of drug-likeness (QED) is 0.512. The van der Waals surface area contributed by atoms with Crippen LogP contribution in [-0.4, -0.2) is 40.0 Å². The molecule has 0 atom stereocenters. The van der Waals surface area contributed by atoms with Gasteiger partial charge in [0.15, 0.2) is 0 Å². The highest BCUT2D eigenvalue weighted by atomic mass is 32.2. The lowest BCUT2D eigenvalue weighted by Crippen LogP contribution is -2.13. The Morgan fingerprint density at radius 3 is 2.52 bits per heavy atom. The van der Waals surface area contributed by atoms with Gasteiger partial charge in [0, 0.05) is 23.4 Å². The number of sulfonamides is 1. The maximum absolute atomic E-state index is 12.2. The molecule has 0 unspecified atom stereocenters. The molecule has 3 rings (SSSR count). The maximum Gasteiger partial charge on any atom is 0.294 e. The summed E-state index contributed by atoms with van der Waals surface area (Å²) in [6, 6.07) is 11.2. The van der Waals surface area contributed by atoms with Gasteiger partial charge in [-0.25, -0.2) is 8.42 Å². The normalized spacial score (nSPS) is 10.9. The largest absolute Gasteiger partial charge is 0.497 e. The van der Waals surface area contributed by atoms with Crippen molar-refractivity contribution in [2.75, 3.05) is 30.5 Å². The number of hydrogen-bond acceptors (Lipinski definition) is 8. The third-order valence-electron chi connectivity index (χ3n) is 4.07. The number of benzene rings is 2. The van der Waals surface area contributed by atoms with Gasteiger partial charge >= 0.3 is 0 Å². The number of carbonyl (C=O) groups excluding carboxylic acids is 1. The summed E-state index contributed by atoms with van der Waals surface area (Å²) >= 11 is 0. The van der Waals surface area contributed by atoms with Gasteiger partial charge in [-0.05, 0) is 30.3 Å². The topological polar surface area (TPSA) is 129 Å². The van der Waals surface area contributed by atoms with Crippen LogP contribution >= 0.6 is 0 Å². The van der Waals surface area contributed by atoms with Crippen molar-refractivity contribution in [3.63, 3.8) is 0 Å². The van der Waals surface area contributed by atoms with E-state index < -0.39 is 15.9 Å². The Bertz CT molecular complexity index is 1160. The molecule has 1 amide bonds. The smallest absolute Gasteiger partial charge is 0.294 e. The van der Waals surface area contributed by atoms with Crippen LogP contribution < -0.4 is 24.2 Å². The van der Waals surface area contributed by atoms with Crippen LogP contribution in [0.5, 0.6) is 17.2 Å². The molecule has 0 saturated carbocycles. The van der Waals surface area contributed by atoms with Crippen LogP contribution in [0.2, 0.25) is 0 Å². The van der Waals surface area contributed by atoms with E-state index in [0.29, 0.717) is 22.7 Å². The van der Waals surface area contributed by atoms with E-state index in [2.05, 4.69) is 15.2 Å². The third kappa shape index (κ3) is 5.89. The van der Waals surface area contributed by atoms with Crippen LogP contribution in [0.4, 0.5) is 11.4 Å². The van der Waals surface area contributed by atoms with Crippen LogP contribution in [0.15, 0.2) is 53.2 Å². The van der Waals surface area contributed by atoms with Crippen molar-refractivity contribution in [1.82, 2.24) is 5.16 Å². The third-order valence-corrected chi connectivity index (χ3v) is 4.66. The van der Waals surface area contributed by atoms with Crippen molar-refractivity contribution in [1.29, 1.82) is 0 Å². The average molecular weight is 447 g/mol. The zero-order chi connectivity index (χ0) is 22.4. The minimum absolute atomic E-state index is 0.0296. The number of nitrogens with zero attached hydrogens (tertiary/aromatic N) is 1. The van der Waals surface area contributed by atoms with E-state index in [4.69, 9.17) is 18.7 Å². The minimum atomic E-state index is -3.56. The molecule has 0 radical (unpaired) electrons. The number of amides is 1. The van der Waals surface area contributed by atoms with Gasteiger partial charge in [-0.3, -0.25) is 9.52 Å². The molecule has 3 aromatic rings. The van der Waals surface area contributed by atoms with Crippen LogP contribution in [0.3, 0.4) is 0 Å². The van der Waals surface area contributed by atoms with E-state index in [1.165, 1.54) is 37.6 Å². The van der Waals surface area contributed by atoms with Crippen molar-refractivity contribution in [2.24, 2.45) is 0 Å². The fourth-order valence-corrected chi connectivity index (χ4v) is 3.25. The van der Waals surface area contributed by atoms with Crippen LogP contribution in [0.1, 0.15) is 16.1 Å². The Balaban J connectivity index is 1.87. The predicted molar refractivity (Wildman–Crippen MR) is 113 cm³/mol. The van der Waals surface area contributed by atoms with Crippen molar-refractivity contribution < 1.29 is 31.9 Å². The monoisotopic (exact) mass is 447 g/mol. The summed E-state index contributed by atoms with van der Waals surface area (Å²) in [5, 5.41) is 6.13. The Morgan fingerprint density at radius 1 is 1.06 bits per heavy atom. The lowest BCUT2D eigenvalue weighted by Gasteiger charge is -2.16. The van der Waals surface area contributed by atoms with Gasteiger partial charge in [-0.2, -0.15) is 0 Å². The first kappa shape index (κ1) is 22.0. The molecule has 1 heterocycles. The van der Waals surface area contributed by atoms with Gasteiger partial charge < -0.3 is 24.1 Å². The van der Waals surface area contributed by atoms with Gasteiger partial charge in [0.25, 0.3) is 5.91 Å². The highest BCUT2D eigenvalue weighted by Gasteiger charge is 2.15. The van der Waals surface area contributed by atoms with Crippen molar-refractivity contribution >= 4 is 27.3 Å². The molecule has 31 heavy (non-hydrogen) atoms. The molecule has 10 nitrogen and oxygen atoms in total. The lowest BCUT2D eigenvalue weighted by molar-refractivity contribution is 0.0988. The van der Waals surface area contributed by atoms with E-state index >= 15 is 0 Å². The minimum Gasteiger partial charge on any atom is -0.497 e. The molecule has 0 aliphatic carbocycles. The molecule has 1 aromatic heterocycles. The molecule has 2 N–H and O–H groups in total. The predicted octanol–water partition coefficient (Wildman–Crippen LogP) is 2.89. The fraction of sp³-hybridized carbons (Fsp3) is 0.200. The number of nitrogens with one attached hydrogen (secondary N) is 2. The summed E-state index contributed by atoms with van der Waals surface area (Å²) in [7, 11) is -0.490. The molecule has 2 aromatic carbocycles. The second-order valence-corrected chi connectivity index (χ2v) is 8.13. The van der Waals surface area contributed by atoms with Crippen LogP contribution in [0, 0.1) is 0 Å². The maximum atomic E-state index is 12.2. The first-order chi connectivity index (χ1) is 14.8. The SMILES string of the molecule is COc1ccc(OC)c(COc2cc(NC(=O)c3ccno3)ccc2NS(C)(=O)=O)c1. The number of ether oxygens (including phenoxy) is 3. The zero-order valence-corrected chi connectivity index (χ0v) is 17.9. The van der Waals surface area contributed by atoms with E-state index in [0.717, 1.165) is 6.26 Å². The second kappa shape index (κ2) is 9.39. The summed E-state index contributed by atoms with van der Waals surface area (Å²) in [5.74, 6) is 0.907. The van der Waals surface area contributed by atoms with Gasteiger partial charge in [-0.15, -0.1) is 0 Å². The van der Waals surface area contributed by atoms with Crippen molar-refractivity contribution in [2.45, 2.75) is 6.61 Å². The van der Waals surface area contributed by atoms with E-state index in [9.17, 15) is 13.2 Å². The summed E-state index contributed by atoms with van der Waals surface area (Å²) in [6.45, 7) is 0.0539. The highest BCUT2D eigenvalue weighted by molar-refractivity contribution is 7.92. The Labute approximate surface area is 179 Å². The molecule has 0 bridgehead atoms. The molecule has 0 fully saturated rings. The van der Waals surface area contributed by atoms with Gasteiger partial charge in [0.2, 0.25) is 15.8 Å². The molecular weight excluding hydrogens is 426 g/mol. The number of hydrogen-bond donors (Lipinski definition) is 2. The summed E-state index contributed by atoms with van der Waals surface area (Å²) in [6.07, 6.45) is 2.38. The number of rotatable bonds is 9. The van der Waals surface area contributed by atoms with E-state index in [1.54, 1.807) is 25.3 Å². The molecule has 0 spiro atoms. The number of anilines is 2. The Morgan fingerprint density at radius 2 is 1.87 bits per heavy atom. The summed E-state index contributed by atoms with van der Waals surface area (Å²) in [5.41, 5.74) is 1.26. The van der Waals surface area contributed by atoms with Crippen LogP contribution in [-0.2, 0) is 16.6 Å². The fourth-order valence-electron chi connectivity index (χ4n) is 2.68. The number of aromatic nitrogens is 1. The van der Waals surface area contributed by atoms with Crippen molar-refractivity contribution in [3.05, 3.63) is 60.0 Å². The number of carbonyl (C=O) groups is 1. The number of methoxy groups -OCH3 is 2. The molecular formula is C20H21N3O7S. The zero-order valence-electron chi connectivity index (χ0n) is 17.0. The van der Waals surface area contributed by atoms with E-state index in [1.807, 2.05) is 0 Å². The lowest BCUT2D eigenvalue weighted by atomic mass is 10.2. The van der Waals surface area contributed by atoms with Gasteiger partial charge in [0.05, 0.1) is 32.4 Å². The molecule has 0 saturated heterocycles. The Hall–Kier alpha value is -3.73. The molecule has 0 aliphatic rings. The molecule has 164 valence electrons. The highest BCUT2D eigenvalue weighted by Crippen LogP contribution is 2.32. The van der Waals surface area contributed by atoms with Crippen LogP contribution in [0.25, 0.3) is 0 Å². The first-order valence-electron chi connectivity index (χ1n) is 8.96. The summed E-state index contributed by atoms with van der Waals surface area (Å²) < 4.78 is 47.1. The molecule has 0 aliphatic heterocycles. The van der Waals surface area contributed by atoms with Gasteiger partial charge in [-0.1, -0.05) is 5.16 Å². The second-order valence-electron chi connectivity index (χ2n) is 6.38. The standard InChI is InChI=1S/C20H21N3O7S/c1-27-15-5-7-17(28-2)13(10-15)12-29-19-11-14(4-6-16(19)23-31(3,25)26)22-20(24)18-8-9-21-30-18/h4-11,23H,12H2,1-3H3,(H,22,24). The molecule has 11 heteroatoms. The average Bonchev–Trinajstić information content (AvgIpc) is 3.27.